The number of carbonyl (C=O) groups excluding carboxylic acids is 3. The van der Waals surface area contributed by atoms with Crippen molar-refractivity contribution in [3.05, 3.63) is 95.1 Å². The third-order valence-electron chi connectivity index (χ3n) is 4.65. The molecule has 3 aromatic rings. The molecule has 0 bridgehead atoms. The molecule has 3 amide bonds. The largest absolute Gasteiger partial charge is 0.326 e. The molecular formula is C23H15N3O3. The Balaban J connectivity index is 1.44. The van der Waals surface area contributed by atoms with E-state index in [0.29, 0.717) is 28.1 Å². The number of benzene rings is 3. The van der Waals surface area contributed by atoms with Gasteiger partial charge in [-0.2, -0.15) is 5.26 Å². The highest BCUT2D eigenvalue weighted by molar-refractivity contribution is 6.34. The molecule has 0 aromatic heterocycles. The SMILES string of the molecule is N#Cc1ccc(NC(=O)Cc2ccc(N3C(=O)c4ccccc4C3=O)cc2)cc1. The van der Waals surface area contributed by atoms with Crippen molar-refractivity contribution in [1.29, 1.82) is 5.26 Å². The number of imide groups is 1. The summed E-state index contributed by atoms with van der Waals surface area (Å²) in [5.41, 5.74) is 3.12. The maximum atomic E-state index is 12.5. The molecule has 140 valence electrons. The van der Waals surface area contributed by atoms with Crippen LogP contribution in [-0.4, -0.2) is 17.7 Å². The van der Waals surface area contributed by atoms with Gasteiger partial charge >= 0.3 is 0 Å². The van der Waals surface area contributed by atoms with Gasteiger partial charge in [-0.25, -0.2) is 4.90 Å². The van der Waals surface area contributed by atoms with Gasteiger partial charge in [0.25, 0.3) is 11.8 Å². The Morgan fingerprint density at radius 2 is 1.45 bits per heavy atom. The van der Waals surface area contributed by atoms with Gasteiger partial charge in [-0.1, -0.05) is 24.3 Å². The Morgan fingerprint density at radius 3 is 2.00 bits per heavy atom. The maximum absolute atomic E-state index is 12.5. The fourth-order valence-corrected chi connectivity index (χ4v) is 3.21. The van der Waals surface area contributed by atoms with E-state index in [4.69, 9.17) is 5.26 Å². The van der Waals surface area contributed by atoms with Crippen LogP contribution in [-0.2, 0) is 11.2 Å². The fourth-order valence-electron chi connectivity index (χ4n) is 3.21. The summed E-state index contributed by atoms with van der Waals surface area (Å²) >= 11 is 0. The van der Waals surface area contributed by atoms with E-state index in [2.05, 4.69) is 5.32 Å². The summed E-state index contributed by atoms with van der Waals surface area (Å²) in [6.07, 6.45) is 0.141. The van der Waals surface area contributed by atoms with E-state index < -0.39 is 0 Å². The molecule has 1 aliphatic rings. The first-order valence-corrected chi connectivity index (χ1v) is 8.93. The third-order valence-corrected chi connectivity index (χ3v) is 4.65. The molecule has 0 fully saturated rings. The van der Waals surface area contributed by atoms with Gasteiger partial charge in [0.1, 0.15) is 0 Å². The van der Waals surface area contributed by atoms with E-state index >= 15 is 0 Å². The second-order valence-electron chi connectivity index (χ2n) is 6.57. The first-order valence-electron chi connectivity index (χ1n) is 8.93. The van der Waals surface area contributed by atoms with Crippen LogP contribution < -0.4 is 10.2 Å². The van der Waals surface area contributed by atoms with Crippen LogP contribution in [0.3, 0.4) is 0 Å². The second kappa shape index (κ2) is 7.41. The van der Waals surface area contributed by atoms with E-state index in [-0.39, 0.29) is 24.1 Å². The molecule has 0 unspecified atom stereocenters. The number of anilines is 2. The number of rotatable bonds is 4. The van der Waals surface area contributed by atoms with E-state index in [0.717, 1.165) is 10.5 Å². The summed E-state index contributed by atoms with van der Waals surface area (Å²) in [7, 11) is 0. The number of hydrogen-bond acceptors (Lipinski definition) is 4. The molecule has 3 aromatic carbocycles. The summed E-state index contributed by atoms with van der Waals surface area (Å²) in [4.78, 5) is 38.5. The molecular weight excluding hydrogens is 366 g/mol. The van der Waals surface area contributed by atoms with E-state index in [1.54, 1.807) is 72.8 Å². The van der Waals surface area contributed by atoms with Crippen LogP contribution in [0.4, 0.5) is 11.4 Å². The lowest BCUT2D eigenvalue weighted by Gasteiger charge is -2.14. The van der Waals surface area contributed by atoms with Crippen molar-refractivity contribution in [2.45, 2.75) is 6.42 Å². The Morgan fingerprint density at radius 1 is 0.862 bits per heavy atom. The highest BCUT2D eigenvalue weighted by atomic mass is 16.2. The van der Waals surface area contributed by atoms with Gasteiger partial charge in [-0.3, -0.25) is 14.4 Å². The predicted molar refractivity (Wildman–Crippen MR) is 108 cm³/mol. The molecule has 0 radical (unpaired) electrons. The lowest BCUT2D eigenvalue weighted by Crippen LogP contribution is -2.29. The number of nitrogens with zero attached hydrogens (tertiary/aromatic N) is 2. The number of nitriles is 1. The van der Waals surface area contributed by atoms with Gasteiger partial charge in [-0.15, -0.1) is 0 Å². The van der Waals surface area contributed by atoms with Crippen LogP contribution in [0.2, 0.25) is 0 Å². The lowest BCUT2D eigenvalue weighted by molar-refractivity contribution is -0.115. The fraction of sp³-hybridized carbons (Fsp3) is 0.0435. The van der Waals surface area contributed by atoms with E-state index in [9.17, 15) is 14.4 Å². The van der Waals surface area contributed by atoms with Crippen LogP contribution in [0, 0.1) is 11.3 Å². The Kier molecular flexibility index (Phi) is 4.63. The molecule has 0 saturated heterocycles. The number of fused-ring (bicyclic) bond motifs is 1. The average molecular weight is 381 g/mol. The van der Waals surface area contributed by atoms with Gasteiger partial charge in [-0.05, 0) is 54.1 Å². The van der Waals surface area contributed by atoms with Crippen molar-refractivity contribution in [3.8, 4) is 6.07 Å². The van der Waals surface area contributed by atoms with Gasteiger partial charge in [0.05, 0.1) is 34.9 Å². The molecule has 1 heterocycles. The minimum absolute atomic E-state index is 0.141. The molecule has 4 rings (SSSR count). The van der Waals surface area contributed by atoms with Crippen molar-refractivity contribution >= 4 is 29.1 Å². The maximum Gasteiger partial charge on any atom is 0.266 e. The molecule has 1 N–H and O–H groups in total. The Bertz CT molecular complexity index is 1120. The highest BCUT2D eigenvalue weighted by Crippen LogP contribution is 2.28. The lowest BCUT2D eigenvalue weighted by atomic mass is 10.1. The number of hydrogen-bond donors (Lipinski definition) is 1. The number of carbonyl (C=O) groups is 3. The first kappa shape index (κ1) is 18.1. The quantitative estimate of drug-likeness (QED) is 0.700. The number of amides is 3. The minimum atomic E-state index is -0.350. The van der Waals surface area contributed by atoms with Crippen molar-refractivity contribution in [1.82, 2.24) is 0 Å². The zero-order chi connectivity index (χ0) is 20.4. The summed E-state index contributed by atoms with van der Waals surface area (Å²) in [5.74, 6) is -0.906. The third kappa shape index (κ3) is 3.49. The van der Waals surface area contributed by atoms with Crippen LogP contribution in [0.5, 0.6) is 0 Å². The first-order chi connectivity index (χ1) is 14.1. The number of nitrogens with one attached hydrogen (secondary N) is 1. The Hall–Kier alpha value is -4.24. The zero-order valence-electron chi connectivity index (χ0n) is 15.3. The summed E-state index contributed by atoms with van der Waals surface area (Å²) in [6, 6.07) is 22.1. The average Bonchev–Trinajstić information content (AvgIpc) is 3.00. The smallest absolute Gasteiger partial charge is 0.266 e. The molecule has 6 heteroatoms. The van der Waals surface area contributed by atoms with Gasteiger partial charge in [0, 0.05) is 5.69 Å². The second-order valence-corrected chi connectivity index (χ2v) is 6.57. The van der Waals surface area contributed by atoms with Gasteiger partial charge in [0.2, 0.25) is 5.91 Å². The molecule has 0 aliphatic carbocycles. The summed E-state index contributed by atoms with van der Waals surface area (Å²) in [5, 5.41) is 11.6. The Labute approximate surface area is 167 Å². The topological polar surface area (TPSA) is 90.3 Å². The van der Waals surface area contributed by atoms with Crippen molar-refractivity contribution in [2.24, 2.45) is 0 Å². The van der Waals surface area contributed by atoms with Gasteiger partial charge < -0.3 is 5.32 Å². The van der Waals surface area contributed by atoms with Crippen LogP contribution in [0.15, 0.2) is 72.8 Å². The predicted octanol–water partition coefficient (Wildman–Crippen LogP) is 3.54. The molecule has 0 saturated carbocycles. The molecule has 6 nitrogen and oxygen atoms in total. The van der Waals surface area contributed by atoms with Crippen molar-refractivity contribution in [2.75, 3.05) is 10.2 Å². The highest BCUT2D eigenvalue weighted by Gasteiger charge is 2.36. The standard InChI is InChI=1S/C23H15N3O3/c24-14-16-5-9-17(10-6-16)25-21(27)13-15-7-11-18(12-8-15)26-22(28)19-3-1-2-4-20(19)23(26)29/h1-12H,13H2,(H,25,27). The van der Waals surface area contributed by atoms with E-state index in [1.165, 1.54) is 0 Å². The van der Waals surface area contributed by atoms with Crippen LogP contribution in [0.1, 0.15) is 31.8 Å². The molecule has 1 aliphatic heterocycles. The van der Waals surface area contributed by atoms with Crippen molar-refractivity contribution in [3.63, 3.8) is 0 Å². The normalized spacial score (nSPS) is 12.4. The molecule has 29 heavy (non-hydrogen) atoms. The minimum Gasteiger partial charge on any atom is -0.326 e. The summed E-state index contributed by atoms with van der Waals surface area (Å²) in [6.45, 7) is 0. The summed E-state index contributed by atoms with van der Waals surface area (Å²) < 4.78 is 0. The molecule has 0 atom stereocenters. The zero-order valence-corrected chi connectivity index (χ0v) is 15.3. The van der Waals surface area contributed by atoms with Crippen molar-refractivity contribution < 1.29 is 14.4 Å². The monoisotopic (exact) mass is 381 g/mol. The van der Waals surface area contributed by atoms with Crippen LogP contribution >= 0.6 is 0 Å². The van der Waals surface area contributed by atoms with Crippen LogP contribution in [0.25, 0.3) is 0 Å². The molecule has 0 spiro atoms. The van der Waals surface area contributed by atoms with E-state index in [1.807, 2.05) is 6.07 Å². The van der Waals surface area contributed by atoms with Gasteiger partial charge in [0.15, 0.2) is 0 Å².